The van der Waals surface area contributed by atoms with Crippen molar-refractivity contribution in [1.82, 2.24) is 0 Å². The van der Waals surface area contributed by atoms with Crippen molar-refractivity contribution in [2.75, 3.05) is 0 Å². The number of carboxylic acid groups (broad SMARTS) is 1. The molecule has 1 aliphatic heterocycles. The zero-order valence-corrected chi connectivity index (χ0v) is 8.02. The minimum atomic E-state index is -1.43. The molecule has 1 heterocycles. The summed E-state index contributed by atoms with van der Waals surface area (Å²) in [4.78, 5) is 21.5. The van der Waals surface area contributed by atoms with Crippen molar-refractivity contribution >= 4 is 11.9 Å². The highest BCUT2D eigenvalue weighted by molar-refractivity contribution is 5.75. The van der Waals surface area contributed by atoms with Crippen LogP contribution in [0.2, 0.25) is 0 Å². The maximum atomic E-state index is 11.1. The number of hydrogen-bond acceptors (Lipinski definition) is 4. The van der Waals surface area contributed by atoms with Gasteiger partial charge in [-0.3, -0.25) is 9.59 Å². The second-order valence-corrected chi connectivity index (χ2v) is 3.70. The highest BCUT2D eigenvalue weighted by atomic mass is 16.5. The number of cyclic esters (lactones) is 1. The van der Waals surface area contributed by atoms with Crippen molar-refractivity contribution in [3.8, 4) is 0 Å². The van der Waals surface area contributed by atoms with Crippen molar-refractivity contribution in [1.29, 1.82) is 0 Å². The first-order chi connectivity index (χ1) is 6.45. The first-order valence-electron chi connectivity index (χ1n) is 4.59. The van der Waals surface area contributed by atoms with Crippen LogP contribution in [0.1, 0.15) is 32.6 Å². The molecule has 0 radical (unpaired) electrons. The van der Waals surface area contributed by atoms with Crippen LogP contribution >= 0.6 is 0 Å². The lowest BCUT2D eigenvalue weighted by Crippen LogP contribution is -2.44. The molecule has 0 bridgehead atoms. The van der Waals surface area contributed by atoms with E-state index in [1.165, 1.54) is 0 Å². The Kier molecular flexibility index (Phi) is 3.10. The van der Waals surface area contributed by atoms with E-state index in [0.29, 0.717) is 6.42 Å². The van der Waals surface area contributed by atoms with E-state index in [4.69, 9.17) is 9.84 Å². The van der Waals surface area contributed by atoms with Gasteiger partial charge in [0.25, 0.3) is 0 Å². The summed E-state index contributed by atoms with van der Waals surface area (Å²) in [5.74, 6) is -1.62. The molecule has 0 saturated carbocycles. The number of aliphatic carboxylic acids is 1. The molecule has 5 heteroatoms. The van der Waals surface area contributed by atoms with E-state index >= 15 is 0 Å². The van der Waals surface area contributed by atoms with Crippen LogP contribution in [0.15, 0.2) is 0 Å². The van der Waals surface area contributed by atoms with Crippen LogP contribution in [0, 0.1) is 0 Å². The molecule has 5 nitrogen and oxygen atoms in total. The average Bonchev–Trinajstić information content (AvgIpc) is 1.99. The van der Waals surface area contributed by atoms with Crippen molar-refractivity contribution in [3.63, 3.8) is 0 Å². The quantitative estimate of drug-likeness (QED) is 0.643. The summed E-state index contributed by atoms with van der Waals surface area (Å²) in [7, 11) is 0. The van der Waals surface area contributed by atoms with Gasteiger partial charge < -0.3 is 14.9 Å². The number of rotatable bonds is 3. The summed E-state index contributed by atoms with van der Waals surface area (Å²) < 4.78 is 4.92. The number of hydrogen-bond donors (Lipinski definition) is 2. The second kappa shape index (κ2) is 3.96. The van der Waals surface area contributed by atoms with E-state index < -0.39 is 24.0 Å². The minimum absolute atomic E-state index is 0.210. The van der Waals surface area contributed by atoms with Gasteiger partial charge in [0.1, 0.15) is 6.10 Å². The van der Waals surface area contributed by atoms with E-state index in [9.17, 15) is 14.7 Å². The van der Waals surface area contributed by atoms with Gasteiger partial charge in [0.05, 0.1) is 18.4 Å². The highest BCUT2D eigenvalue weighted by Gasteiger charge is 2.40. The van der Waals surface area contributed by atoms with Gasteiger partial charge in [-0.15, -0.1) is 0 Å². The fourth-order valence-corrected chi connectivity index (χ4v) is 1.68. The first kappa shape index (κ1) is 11.0. The second-order valence-electron chi connectivity index (χ2n) is 3.70. The Bertz CT molecular complexity index is 246. The van der Waals surface area contributed by atoms with E-state index in [0.717, 1.165) is 0 Å². The summed E-state index contributed by atoms with van der Waals surface area (Å²) >= 11 is 0. The molecular formula is C9H14O5. The zero-order chi connectivity index (χ0) is 10.8. The molecule has 2 unspecified atom stereocenters. The van der Waals surface area contributed by atoms with Crippen LogP contribution in [0.25, 0.3) is 0 Å². The number of carboxylic acids is 1. The predicted octanol–water partition coefficient (Wildman–Crippen LogP) is 0.308. The third kappa shape index (κ3) is 2.70. The van der Waals surface area contributed by atoms with Gasteiger partial charge in [-0.25, -0.2) is 0 Å². The number of esters is 1. The van der Waals surface area contributed by atoms with Crippen molar-refractivity contribution in [2.24, 2.45) is 0 Å². The SMILES string of the molecule is CCC1CC(O)(CC(=O)O)CC(=O)O1. The molecule has 1 fully saturated rings. The summed E-state index contributed by atoms with van der Waals surface area (Å²) in [6.07, 6.45) is -0.190. The number of carbonyl (C=O) groups is 2. The Morgan fingerprint density at radius 3 is 2.86 bits per heavy atom. The van der Waals surface area contributed by atoms with E-state index in [1.807, 2.05) is 6.92 Å². The van der Waals surface area contributed by atoms with Crippen LogP contribution < -0.4 is 0 Å². The molecule has 2 atom stereocenters. The number of aliphatic hydroxyl groups is 1. The van der Waals surface area contributed by atoms with Crippen molar-refractivity contribution in [2.45, 2.75) is 44.3 Å². The third-order valence-electron chi connectivity index (χ3n) is 2.31. The highest BCUT2D eigenvalue weighted by Crippen LogP contribution is 2.29. The molecule has 0 aromatic rings. The molecule has 0 spiro atoms. The lowest BCUT2D eigenvalue weighted by atomic mass is 9.86. The average molecular weight is 202 g/mol. The molecule has 0 aliphatic carbocycles. The van der Waals surface area contributed by atoms with Gasteiger partial charge in [0.2, 0.25) is 0 Å². The summed E-state index contributed by atoms with van der Waals surface area (Å²) in [5, 5.41) is 18.4. The van der Waals surface area contributed by atoms with Gasteiger partial charge in [-0.05, 0) is 6.42 Å². The van der Waals surface area contributed by atoms with Gasteiger partial charge in [-0.2, -0.15) is 0 Å². The van der Waals surface area contributed by atoms with E-state index in [2.05, 4.69) is 0 Å². The summed E-state index contributed by atoms with van der Waals surface area (Å²) in [5.41, 5.74) is -1.43. The molecular weight excluding hydrogens is 188 g/mol. The Labute approximate surface area is 81.7 Å². The van der Waals surface area contributed by atoms with Gasteiger partial charge in [-0.1, -0.05) is 6.92 Å². The van der Waals surface area contributed by atoms with Crippen LogP contribution in [0.4, 0.5) is 0 Å². The molecule has 1 aliphatic rings. The monoisotopic (exact) mass is 202 g/mol. The summed E-state index contributed by atoms with van der Waals surface area (Å²) in [6, 6.07) is 0. The fourth-order valence-electron chi connectivity index (χ4n) is 1.68. The van der Waals surface area contributed by atoms with Gasteiger partial charge in [0, 0.05) is 6.42 Å². The van der Waals surface area contributed by atoms with E-state index in [-0.39, 0.29) is 18.9 Å². The molecule has 14 heavy (non-hydrogen) atoms. The maximum Gasteiger partial charge on any atom is 0.309 e. The Balaban J connectivity index is 2.67. The van der Waals surface area contributed by atoms with Crippen LogP contribution in [0.5, 0.6) is 0 Å². The molecule has 0 amide bonds. The normalized spacial score (nSPS) is 32.4. The first-order valence-corrected chi connectivity index (χ1v) is 4.59. The molecule has 1 rings (SSSR count). The Morgan fingerprint density at radius 2 is 2.36 bits per heavy atom. The fraction of sp³-hybridized carbons (Fsp3) is 0.778. The van der Waals surface area contributed by atoms with Crippen molar-refractivity contribution in [3.05, 3.63) is 0 Å². The number of ether oxygens (including phenoxy) is 1. The standard InChI is InChI=1S/C9H14O5/c1-2-6-3-9(13,4-7(10)11)5-8(12)14-6/h6,13H,2-5H2,1H3,(H,10,11). The maximum absolute atomic E-state index is 11.1. The zero-order valence-electron chi connectivity index (χ0n) is 8.02. The minimum Gasteiger partial charge on any atom is -0.481 e. The number of carbonyl (C=O) groups excluding carboxylic acids is 1. The molecule has 0 aromatic heterocycles. The smallest absolute Gasteiger partial charge is 0.309 e. The molecule has 1 saturated heterocycles. The Hall–Kier alpha value is -1.10. The third-order valence-corrected chi connectivity index (χ3v) is 2.31. The topological polar surface area (TPSA) is 83.8 Å². The van der Waals surface area contributed by atoms with Crippen LogP contribution in [0.3, 0.4) is 0 Å². The predicted molar refractivity (Wildman–Crippen MR) is 46.6 cm³/mol. The Morgan fingerprint density at radius 1 is 1.71 bits per heavy atom. The van der Waals surface area contributed by atoms with Crippen molar-refractivity contribution < 1.29 is 24.5 Å². The van der Waals surface area contributed by atoms with Crippen LogP contribution in [-0.4, -0.2) is 33.9 Å². The van der Waals surface area contributed by atoms with E-state index in [1.54, 1.807) is 0 Å². The lowest BCUT2D eigenvalue weighted by molar-refractivity contribution is -0.173. The largest absolute Gasteiger partial charge is 0.481 e. The molecule has 2 N–H and O–H groups in total. The summed E-state index contributed by atoms with van der Waals surface area (Å²) in [6.45, 7) is 1.82. The van der Waals surface area contributed by atoms with Gasteiger partial charge in [0.15, 0.2) is 0 Å². The van der Waals surface area contributed by atoms with Crippen LogP contribution in [-0.2, 0) is 14.3 Å². The lowest BCUT2D eigenvalue weighted by Gasteiger charge is -2.34. The molecule has 0 aromatic carbocycles. The van der Waals surface area contributed by atoms with Gasteiger partial charge >= 0.3 is 11.9 Å². The molecule has 80 valence electrons.